The number of nitrogens with zero attached hydrogens (tertiary/aromatic N) is 2. The summed E-state index contributed by atoms with van der Waals surface area (Å²) < 4.78 is 24.8. The molecule has 0 aliphatic heterocycles. The highest BCUT2D eigenvalue weighted by Gasteiger charge is 2.06. The number of hydrogen-bond donors (Lipinski definition) is 2. The fraction of sp³-hybridized carbons (Fsp3) is 0.350. The molecule has 0 spiro atoms. The van der Waals surface area contributed by atoms with Crippen LogP contribution < -0.4 is 25.0 Å². The second-order valence-corrected chi connectivity index (χ2v) is 6.06. The van der Waals surface area contributed by atoms with E-state index in [4.69, 9.17) is 9.47 Å². The molecule has 154 valence electrons. The van der Waals surface area contributed by atoms with E-state index in [2.05, 4.69) is 15.6 Å². The molecule has 2 rings (SSSR count). The summed E-state index contributed by atoms with van der Waals surface area (Å²) in [6.45, 7) is 1.54. The second kappa shape index (κ2) is 12.3. The molecule has 0 fully saturated rings. The Morgan fingerprint density at radius 1 is 1.07 bits per heavy atom. The first-order valence-electron chi connectivity index (χ1n) is 8.70. The molecule has 0 atom stereocenters. The normalized spacial score (nSPS) is 10.7. The highest BCUT2D eigenvalue weighted by atomic mass is 127. The molecule has 2 aromatic carbocycles. The lowest BCUT2D eigenvalue weighted by molar-refractivity contribution is 0.321. The van der Waals surface area contributed by atoms with Gasteiger partial charge in [0.15, 0.2) is 5.96 Å². The Morgan fingerprint density at radius 2 is 1.75 bits per heavy atom. The summed E-state index contributed by atoms with van der Waals surface area (Å²) in [7, 11) is 6.95. The van der Waals surface area contributed by atoms with Gasteiger partial charge in [-0.1, -0.05) is 6.07 Å². The van der Waals surface area contributed by atoms with Gasteiger partial charge < -0.3 is 25.0 Å². The van der Waals surface area contributed by atoms with Crippen molar-refractivity contribution >= 4 is 35.6 Å². The first-order valence-corrected chi connectivity index (χ1v) is 8.70. The van der Waals surface area contributed by atoms with Crippen molar-refractivity contribution in [1.29, 1.82) is 0 Å². The maximum atomic E-state index is 14.0. The molecule has 0 saturated heterocycles. The van der Waals surface area contributed by atoms with Crippen LogP contribution in [-0.2, 0) is 6.54 Å². The van der Waals surface area contributed by atoms with Gasteiger partial charge in [0.2, 0.25) is 0 Å². The predicted octanol–water partition coefficient (Wildman–Crippen LogP) is 3.26. The van der Waals surface area contributed by atoms with Crippen molar-refractivity contribution < 1.29 is 13.9 Å². The van der Waals surface area contributed by atoms with Crippen LogP contribution in [0.3, 0.4) is 0 Å². The molecule has 28 heavy (non-hydrogen) atoms. The summed E-state index contributed by atoms with van der Waals surface area (Å²) in [4.78, 5) is 5.90. The lowest BCUT2D eigenvalue weighted by atomic mass is 10.2. The molecule has 2 aromatic rings. The molecular weight excluding hydrogens is 474 g/mol. The van der Waals surface area contributed by atoms with Gasteiger partial charge >= 0.3 is 0 Å². The SMILES string of the molecule is CN=C(NCCOc1ccc(OC)cc1)NCc1ccc(N(C)C)c(F)c1.I. The highest BCUT2D eigenvalue weighted by Crippen LogP contribution is 2.18. The van der Waals surface area contributed by atoms with E-state index in [0.717, 1.165) is 17.1 Å². The van der Waals surface area contributed by atoms with Crippen LogP contribution in [0.1, 0.15) is 5.56 Å². The van der Waals surface area contributed by atoms with Gasteiger partial charge in [-0.05, 0) is 42.0 Å². The van der Waals surface area contributed by atoms with Crippen molar-refractivity contribution in [2.75, 3.05) is 46.3 Å². The van der Waals surface area contributed by atoms with Crippen LogP contribution in [0.4, 0.5) is 10.1 Å². The van der Waals surface area contributed by atoms with Crippen molar-refractivity contribution in [3.8, 4) is 11.5 Å². The van der Waals surface area contributed by atoms with Crippen molar-refractivity contribution in [2.24, 2.45) is 4.99 Å². The number of ether oxygens (including phenoxy) is 2. The average Bonchev–Trinajstić information content (AvgIpc) is 2.67. The summed E-state index contributed by atoms with van der Waals surface area (Å²) in [5.41, 5.74) is 1.41. The van der Waals surface area contributed by atoms with E-state index in [1.165, 1.54) is 6.07 Å². The molecule has 2 N–H and O–H groups in total. The molecule has 0 unspecified atom stereocenters. The van der Waals surface area contributed by atoms with Crippen LogP contribution in [0.25, 0.3) is 0 Å². The van der Waals surface area contributed by atoms with Gasteiger partial charge in [0, 0.05) is 27.7 Å². The van der Waals surface area contributed by atoms with Crippen molar-refractivity contribution in [3.05, 3.63) is 53.8 Å². The maximum absolute atomic E-state index is 14.0. The van der Waals surface area contributed by atoms with Gasteiger partial charge in [-0.3, -0.25) is 4.99 Å². The van der Waals surface area contributed by atoms with Crippen LogP contribution in [0, 0.1) is 5.82 Å². The third-order valence-electron chi connectivity index (χ3n) is 3.90. The smallest absolute Gasteiger partial charge is 0.191 e. The summed E-state index contributed by atoms with van der Waals surface area (Å²) in [6, 6.07) is 12.6. The third kappa shape index (κ3) is 7.41. The zero-order chi connectivity index (χ0) is 19.6. The predicted molar refractivity (Wildman–Crippen MR) is 123 cm³/mol. The number of hydrogen-bond acceptors (Lipinski definition) is 4. The summed E-state index contributed by atoms with van der Waals surface area (Å²) in [5, 5.41) is 6.33. The average molecular weight is 502 g/mol. The topological polar surface area (TPSA) is 58.1 Å². The molecule has 0 heterocycles. The van der Waals surface area contributed by atoms with Crippen molar-refractivity contribution in [2.45, 2.75) is 6.54 Å². The van der Waals surface area contributed by atoms with E-state index in [0.29, 0.717) is 31.3 Å². The fourth-order valence-corrected chi connectivity index (χ4v) is 2.44. The standard InChI is InChI=1S/C20H27FN4O2.HI/c1-22-20(23-11-12-27-17-8-6-16(26-4)7-9-17)24-14-15-5-10-19(25(2)3)18(21)13-15;/h5-10,13H,11-12,14H2,1-4H3,(H2,22,23,24);1H. The Hall–Kier alpha value is -2.23. The van der Waals surface area contributed by atoms with Crippen molar-refractivity contribution in [3.63, 3.8) is 0 Å². The molecule has 0 aromatic heterocycles. The van der Waals surface area contributed by atoms with Gasteiger partial charge in [-0.15, -0.1) is 24.0 Å². The molecule has 0 aliphatic rings. The van der Waals surface area contributed by atoms with Crippen LogP contribution in [0.15, 0.2) is 47.5 Å². The number of anilines is 1. The molecule has 8 heteroatoms. The number of benzene rings is 2. The largest absolute Gasteiger partial charge is 0.497 e. The van der Waals surface area contributed by atoms with Gasteiger partial charge in [-0.2, -0.15) is 0 Å². The molecular formula is C20H28FIN4O2. The number of aliphatic imine (C=N–C) groups is 1. The summed E-state index contributed by atoms with van der Waals surface area (Å²) >= 11 is 0. The Labute approximate surface area is 183 Å². The fourth-order valence-electron chi connectivity index (χ4n) is 2.44. The lowest BCUT2D eigenvalue weighted by Gasteiger charge is -2.15. The number of halogens is 2. The molecule has 0 saturated carbocycles. The Bertz CT molecular complexity index is 754. The zero-order valence-electron chi connectivity index (χ0n) is 16.7. The van der Waals surface area contributed by atoms with E-state index < -0.39 is 0 Å². The molecule has 0 bridgehead atoms. The van der Waals surface area contributed by atoms with Crippen LogP contribution in [0.2, 0.25) is 0 Å². The van der Waals surface area contributed by atoms with E-state index in [1.54, 1.807) is 25.1 Å². The van der Waals surface area contributed by atoms with Gasteiger partial charge in [0.05, 0.1) is 19.3 Å². The summed E-state index contributed by atoms with van der Waals surface area (Å²) in [6.07, 6.45) is 0. The van der Waals surface area contributed by atoms with Crippen LogP contribution in [-0.4, -0.2) is 47.4 Å². The zero-order valence-corrected chi connectivity index (χ0v) is 19.0. The molecule has 0 radical (unpaired) electrons. The third-order valence-corrected chi connectivity index (χ3v) is 3.90. The van der Waals surface area contributed by atoms with E-state index in [1.807, 2.05) is 44.4 Å². The number of rotatable bonds is 8. The maximum Gasteiger partial charge on any atom is 0.191 e. The van der Waals surface area contributed by atoms with Gasteiger partial charge in [-0.25, -0.2) is 4.39 Å². The van der Waals surface area contributed by atoms with Gasteiger partial charge in [0.1, 0.15) is 23.9 Å². The minimum Gasteiger partial charge on any atom is -0.497 e. The number of methoxy groups -OCH3 is 1. The Morgan fingerprint density at radius 3 is 2.32 bits per heavy atom. The minimum atomic E-state index is -0.241. The first kappa shape index (κ1) is 23.8. The van der Waals surface area contributed by atoms with Gasteiger partial charge in [0.25, 0.3) is 0 Å². The van der Waals surface area contributed by atoms with Crippen molar-refractivity contribution in [1.82, 2.24) is 10.6 Å². The number of guanidine groups is 1. The first-order chi connectivity index (χ1) is 13.0. The quantitative estimate of drug-likeness (QED) is 0.251. The highest BCUT2D eigenvalue weighted by molar-refractivity contribution is 14.0. The van der Waals surface area contributed by atoms with Crippen LogP contribution in [0.5, 0.6) is 11.5 Å². The van der Waals surface area contributed by atoms with E-state index in [-0.39, 0.29) is 29.8 Å². The minimum absolute atomic E-state index is 0. The molecule has 0 aliphatic carbocycles. The van der Waals surface area contributed by atoms with E-state index in [9.17, 15) is 4.39 Å². The molecule has 0 amide bonds. The van der Waals surface area contributed by atoms with E-state index >= 15 is 0 Å². The molecule has 6 nitrogen and oxygen atoms in total. The summed E-state index contributed by atoms with van der Waals surface area (Å²) in [5.74, 6) is 1.96. The van der Waals surface area contributed by atoms with Crippen LogP contribution >= 0.6 is 24.0 Å². The monoisotopic (exact) mass is 502 g/mol. The number of nitrogens with one attached hydrogen (secondary N) is 2. The lowest BCUT2D eigenvalue weighted by Crippen LogP contribution is -2.38. The second-order valence-electron chi connectivity index (χ2n) is 6.06. The Kier molecular flexibility index (Phi) is 10.4. The Balaban J connectivity index is 0.00000392.